The molecule has 0 saturated heterocycles. The van der Waals surface area contributed by atoms with E-state index in [4.69, 9.17) is 9.44 Å². The van der Waals surface area contributed by atoms with Crippen molar-refractivity contribution in [3.8, 4) is 11.8 Å². The number of rotatable bonds is 4. The summed E-state index contributed by atoms with van der Waals surface area (Å²) in [5.74, 6) is -0.966. The lowest BCUT2D eigenvalue weighted by Crippen LogP contribution is -2.10. The maximum absolute atomic E-state index is 13.2. The molecule has 22 heavy (non-hydrogen) atoms. The van der Waals surface area contributed by atoms with Crippen LogP contribution in [0.3, 0.4) is 0 Å². The Hall–Kier alpha value is -2.72. The van der Waals surface area contributed by atoms with E-state index in [1.165, 1.54) is 31.2 Å². The first kappa shape index (κ1) is 15.7. The van der Waals surface area contributed by atoms with Gasteiger partial charge >= 0.3 is 10.1 Å². The second-order valence-electron chi connectivity index (χ2n) is 4.37. The van der Waals surface area contributed by atoms with Gasteiger partial charge in [-0.3, -0.25) is 4.79 Å². The van der Waals surface area contributed by atoms with E-state index < -0.39 is 21.5 Å². The summed E-state index contributed by atoms with van der Waals surface area (Å²) in [4.78, 5) is 10.8. The van der Waals surface area contributed by atoms with Crippen LogP contribution in [0.25, 0.3) is 0 Å². The van der Waals surface area contributed by atoms with Gasteiger partial charge in [0.25, 0.3) is 0 Å². The molecule has 112 valence electrons. The minimum atomic E-state index is -4.20. The highest BCUT2D eigenvalue weighted by Crippen LogP contribution is 2.21. The van der Waals surface area contributed by atoms with Crippen LogP contribution in [0, 0.1) is 17.1 Å². The number of halogens is 1. The normalized spacial score (nSPS) is 10.8. The van der Waals surface area contributed by atoms with E-state index in [-0.39, 0.29) is 16.4 Å². The maximum Gasteiger partial charge on any atom is 0.339 e. The monoisotopic (exact) mass is 319 g/mol. The van der Waals surface area contributed by atoms with Gasteiger partial charge in [0.2, 0.25) is 0 Å². The minimum Gasteiger partial charge on any atom is -0.379 e. The molecule has 0 aliphatic rings. The Bertz CT molecular complexity index is 867. The first-order valence-corrected chi connectivity index (χ1v) is 7.49. The lowest BCUT2D eigenvalue weighted by atomic mass is 10.1. The molecule has 0 aliphatic heterocycles. The molecule has 0 unspecified atom stereocenters. The molecule has 0 atom stereocenters. The highest BCUT2D eigenvalue weighted by Gasteiger charge is 2.18. The molecular formula is C15H10FNO4S. The molecule has 0 aromatic heterocycles. The third-order valence-corrected chi connectivity index (χ3v) is 4.06. The maximum atomic E-state index is 13.2. The third-order valence-electron chi connectivity index (χ3n) is 2.81. The quantitative estimate of drug-likeness (QED) is 0.639. The lowest BCUT2D eigenvalue weighted by Gasteiger charge is -2.07. The average Bonchev–Trinajstić information content (AvgIpc) is 2.47. The molecule has 0 N–H and O–H groups in total. The Morgan fingerprint density at radius 2 is 1.82 bits per heavy atom. The van der Waals surface area contributed by atoms with Crippen LogP contribution in [-0.2, 0) is 10.1 Å². The van der Waals surface area contributed by atoms with E-state index in [9.17, 15) is 17.6 Å². The van der Waals surface area contributed by atoms with Gasteiger partial charge in [0, 0.05) is 5.56 Å². The smallest absolute Gasteiger partial charge is 0.339 e. The minimum absolute atomic E-state index is 0.00725. The topological polar surface area (TPSA) is 84.2 Å². The number of benzene rings is 2. The summed E-state index contributed by atoms with van der Waals surface area (Å²) < 4.78 is 42.3. The largest absolute Gasteiger partial charge is 0.379 e. The summed E-state index contributed by atoms with van der Waals surface area (Å²) in [5.41, 5.74) is 0.0231. The fraction of sp³-hybridized carbons (Fsp3) is 0.0667. The van der Waals surface area contributed by atoms with E-state index >= 15 is 0 Å². The van der Waals surface area contributed by atoms with Gasteiger partial charge in [-0.25, -0.2) is 4.39 Å². The van der Waals surface area contributed by atoms with Crippen molar-refractivity contribution < 1.29 is 21.8 Å². The summed E-state index contributed by atoms with van der Waals surface area (Å²) >= 11 is 0. The zero-order chi connectivity index (χ0) is 16.3. The van der Waals surface area contributed by atoms with Crippen LogP contribution < -0.4 is 4.18 Å². The van der Waals surface area contributed by atoms with Gasteiger partial charge in [-0.05, 0) is 49.4 Å². The second-order valence-corrected chi connectivity index (χ2v) is 5.92. The summed E-state index contributed by atoms with van der Waals surface area (Å²) in [5, 5.41) is 8.72. The van der Waals surface area contributed by atoms with E-state index in [1.54, 1.807) is 6.07 Å². The second kappa shape index (κ2) is 5.95. The molecule has 7 heteroatoms. The molecular weight excluding hydrogens is 309 g/mol. The Balaban J connectivity index is 2.31. The fourth-order valence-corrected chi connectivity index (χ4v) is 2.62. The van der Waals surface area contributed by atoms with Crippen LogP contribution in [0.15, 0.2) is 47.4 Å². The third kappa shape index (κ3) is 3.30. The Morgan fingerprint density at radius 3 is 2.36 bits per heavy atom. The Kier molecular flexibility index (Phi) is 4.24. The van der Waals surface area contributed by atoms with Crippen LogP contribution in [0.1, 0.15) is 22.8 Å². The average molecular weight is 319 g/mol. The molecule has 5 nitrogen and oxygen atoms in total. The predicted molar refractivity (Wildman–Crippen MR) is 75.4 cm³/mol. The van der Waals surface area contributed by atoms with Crippen LogP contribution in [0.5, 0.6) is 5.75 Å². The van der Waals surface area contributed by atoms with Crippen molar-refractivity contribution in [3.05, 3.63) is 59.4 Å². The molecule has 0 fully saturated rings. The predicted octanol–water partition coefficient (Wildman–Crippen LogP) is 2.67. The van der Waals surface area contributed by atoms with Gasteiger partial charge in [-0.15, -0.1) is 0 Å². The van der Waals surface area contributed by atoms with Gasteiger partial charge in [0.05, 0.1) is 5.56 Å². The summed E-state index contributed by atoms with van der Waals surface area (Å²) in [6, 6.07) is 9.88. The molecule has 0 saturated carbocycles. The molecule has 0 bridgehead atoms. The highest BCUT2D eigenvalue weighted by atomic mass is 32.2. The van der Waals surface area contributed by atoms with E-state index in [0.717, 1.165) is 18.2 Å². The molecule has 2 aromatic rings. The first-order chi connectivity index (χ1) is 10.3. The zero-order valence-corrected chi connectivity index (χ0v) is 12.2. The van der Waals surface area contributed by atoms with Gasteiger partial charge in [0.15, 0.2) is 5.78 Å². The van der Waals surface area contributed by atoms with Crippen LogP contribution >= 0.6 is 0 Å². The standard InChI is InChI=1S/C15H10FNO4S/c1-10(18)11-2-4-13(5-3-11)21-22(19,20)14-6-7-15(16)12(8-14)9-17/h2-8H,1H3. The zero-order valence-electron chi connectivity index (χ0n) is 11.4. The molecule has 2 aromatic carbocycles. The molecule has 0 radical (unpaired) electrons. The summed E-state index contributed by atoms with van der Waals surface area (Å²) in [6.07, 6.45) is 0. The van der Waals surface area contributed by atoms with E-state index in [1.807, 2.05) is 0 Å². The van der Waals surface area contributed by atoms with Crippen LogP contribution in [0.4, 0.5) is 4.39 Å². The Labute approximate surface area is 126 Å². The van der Waals surface area contributed by atoms with Crippen molar-refractivity contribution in [1.29, 1.82) is 5.26 Å². The number of hydrogen-bond acceptors (Lipinski definition) is 5. The van der Waals surface area contributed by atoms with Crippen molar-refractivity contribution in [2.45, 2.75) is 11.8 Å². The Morgan fingerprint density at radius 1 is 1.18 bits per heavy atom. The number of hydrogen-bond donors (Lipinski definition) is 0. The fourth-order valence-electron chi connectivity index (χ4n) is 1.67. The van der Waals surface area contributed by atoms with Crippen molar-refractivity contribution in [2.75, 3.05) is 0 Å². The molecule has 2 rings (SSSR count). The number of ketones is 1. The van der Waals surface area contributed by atoms with Gasteiger partial charge < -0.3 is 4.18 Å². The number of carbonyl (C=O) groups excluding carboxylic acids is 1. The molecule has 0 amide bonds. The number of nitrogens with zero attached hydrogens (tertiary/aromatic N) is 1. The molecule has 0 heterocycles. The highest BCUT2D eigenvalue weighted by molar-refractivity contribution is 7.87. The van der Waals surface area contributed by atoms with Gasteiger partial charge in [0.1, 0.15) is 22.5 Å². The van der Waals surface area contributed by atoms with Crippen LogP contribution in [-0.4, -0.2) is 14.2 Å². The van der Waals surface area contributed by atoms with Crippen molar-refractivity contribution in [1.82, 2.24) is 0 Å². The van der Waals surface area contributed by atoms with Crippen LogP contribution in [0.2, 0.25) is 0 Å². The summed E-state index contributed by atoms with van der Waals surface area (Å²) in [6.45, 7) is 1.38. The number of carbonyl (C=O) groups is 1. The summed E-state index contributed by atoms with van der Waals surface area (Å²) in [7, 11) is -4.20. The lowest BCUT2D eigenvalue weighted by molar-refractivity contribution is 0.101. The van der Waals surface area contributed by atoms with Gasteiger partial charge in [-0.1, -0.05) is 0 Å². The van der Waals surface area contributed by atoms with Crippen molar-refractivity contribution in [3.63, 3.8) is 0 Å². The number of nitriles is 1. The van der Waals surface area contributed by atoms with Gasteiger partial charge in [-0.2, -0.15) is 13.7 Å². The molecule has 0 spiro atoms. The SMILES string of the molecule is CC(=O)c1ccc(OS(=O)(=O)c2ccc(F)c(C#N)c2)cc1. The van der Waals surface area contributed by atoms with E-state index in [0.29, 0.717) is 5.56 Å². The van der Waals surface area contributed by atoms with Crippen molar-refractivity contribution >= 4 is 15.9 Å². The van der Waals surface area contributed by atoms with Crippen molar-refractivity contribution in [2.24, 2.45) is 0 Å². The first-order valence-electron chi connectivity index (χ1n) is 6.08. The number of Topliss-reactive ketones (excluding diaryl/α,β-unsaturated/α-hetero) is 1. The molecule has 0 aliphatic carbocycles. The van der Waals surface area contributed by atoms with E-state index in [2.05, 4.69) is 0 Å².